The summed E-state index contributed by atoms with van der Waals surface area (Å²) < 4.78 is 21.1. The molecule has 5 heteroatoms. The van der Waals surface area contributed by atoms with Crippen molar-refractivity contribution in [3.63, 3.8) is 0 Å². The zero-order valence-electron chi connectivity index (χ0n) is 13.8. The molecule has 0 N–H and O–H groups in total. The number of carbonyl (C=O) groups excluding carboxylic acids is 1. The van der Waals surface area contributed by atoms with Gasteiger partial charge in [0.15, 0.2) is 11.5 Å². The normalized spacial score (nSPS) is 14.8. The van der Waals surface area contributed by atoms with E-state index in [0.717, 1.165) is 22.4 Å². The summed E-state index contributed by atoms with van der Waals surface area (Å²) in [6.07, 6.45) is 1.80. The first-order valence-corrected chi connectivity index (χ1v) is 7.44. The number of hydrogen-bond donors (Lipinski definition) is 0. The van der Waals surface area contributed by atoms with Crippen molar-refractivity contribution < 1.29 is 23.7 Å². The standard InChI is InChI=1S/C19H18O5/c1-21-14-6-4-12(5-7-14)8-16-15-10-18(23-3)17(22-2)9-13(15)11-24-19(16)20/h4-10H,11H2,1-3H3/b16-8-. The lowest BCUT2D eigenvalue weighted by atomic mass is 9.95. The predicted molar refractivity (Wildman–Crippen MR) is 90.2 cm³/mol. The molecule has 1 heterocycles. The molecule has 1 aliphatic heterocycles. The molecule has 0 spiro atoms. The van der Waals surface area contributed by atoms with Crippen molar-refractivity contribution in [2.45, 2.75) is 6.61 Å². The van der Waals surface area contributed by atoms with E-state index in [1.54, 1.807) is 27.4 Å². The molecular formula is C19H18O5. The summed E-state index contributed by atoms with van der Waals surface area (Å²) in [7, 11) is 4.76. The van der Waals surface area contributed by atoms with Gasteiger partial charge in [0, 0.05) is 5.56 Å². The van der Waals surface area contributed by atoms with Gasteiger partial charge in [-0.1, -0.05) is 12.1 Å². The van der Waals surface area contributed by atoms with Crippen molar-refractivity contribution in [1.29, 1.82) is 0 Å². The lowest BCUT2D eigenvalue weighted by molar-refractivity contribution is -0.138. The second kappa shape index (κ2) is 6.66. The van der Waals surface area contributed by atoms with Crippen LogP contribution in [0.3, 0.4) is 0 Å². The number of esters is 1. The number of rotatable bonds is 4. The average molecular weight is 326 g/mol. The minimum atomic E-state index is -0.356. The third-order valence-electron chi connectivity index (χ3n) is 3.91. The molecule has 0 aromatic heterocycles. The third kappa shape index (κ3) is 2.93. The molecule has 0 radical (unpaired) electrons. The van der Waals surface area contributed by atoms with Gasteiger partial charge < -0.3 is 18.9 Å². The number of benzene rings is 2. The van der Waals surface area contributed by atoms with Gasteiger partial charge in [-0.15, -0.1) is 0 Å². The zero-order valence-corrected chi connectivity index (χ0v) is 13.8. The van der Waals surface area contributed by atoms with E-state index in [9.17, 15) is 4.79 Å². The monoisotopic (exact) mass is 326 g/mol. The van der Waals surface area contributed by atoms with Gasteiger partial charge in [0.1, 0.15) is 12.4 Å². The zero-order chi connectivity index (χ0) is 17.1. The Hall–Kier alpha value is -2.95. The lowest BCUT2D eigenvalue weighted by Gasteiger charge is -2.21. The Morgan fingerprint density at radius 3 is 2.25 bits per heavy atom. The number of cyclic esters (lactones) is 1. The topological polar surface area (TPSA) is 54.0 Å². The van der Waals surface area contributed by atoms with Crippen molar-refractivity contribution in [2.75, 3.05) is 21.3 Å². The van der Waals surface area contributed by atoms with E-state index in [0.29, 0.717) is 17.1 Å². The molecule has 0 saturated carbocycles. The molecule has 3 rings (SSSR count). The second-order valence-corrected chi connectivity index (χ2v) is 5.27. The van der Waals surface area contributed by atoms with Crippen molar-refractivity contribution >= 4 is 17.6 Å². The minimum Gasteiger partial charge on any atom is -0.497 e. The highest BCUT2D eigenvalue weighted by molar-refractivity contribution is 6.22. The van der Waals surface area contributed by atoms with Crippen LogP contribution < -0.4 is 14.2 Å². The van der Waals surface area contributed by atoms with Crippen LogP contribution in [0.15, 0.2) is 36.4 Å². The fourth-order valence-electron chi connectivity index (χ4n) is 2.63. The molecule has 0 saturated heterocycles. The maximum atomic E-state index is 12.3. The van der Waals surface area contributed by atoms with Gasteiger partial charge in [-0.05, 0) is 41.5 Å². The van der Waals surface area contributed by atoms with Gasteiger partial charge in [-0.2, -0.15) is 0 Å². The summed E-state index contributed by atoms with van der Waals surface area (Å²) in [4.78, 5) is 12.3. The van der Waals surface area contributed by atoms with E-state index < -0.39 is 0 Å². The van der Waals surface area contributed by atoms with Gasteiger partial charge in [0.25, 0.3) is 0 Å². The number of methoxy groups -OCH3 is 3. The SMILES string of the molecule is COc1ccc(/C=C2\C(=O)OCc3cc(OC)c(OC)cc32)cc1. The van der Waals surface area contributed by atoms with Crippen molar-refractivity contribution in [1.82, 2.24) is 0 Å². The Balaban J connectivity index is 2.08. The molecule has 1 aliphatic rings. The van der Waals surface area contributed by atoms with Crippen LogP contribution in [-0.4, -0.2) is 27.3 Å². The van der Waals surface area contributed by atoms with E-state index in [1.165, 1.54) is 0 Å². The Bertz CT molecular complexity index is 790. The molecule has 0 atom stereocenters. The summed E-state index contributed by atoms with van der Waals surface area (Å²) in [6, 6.07) is 11.1. The summed E-state index contributed by atoms with van der Waals surface area (Å²) >= 11 is 0. The van der Waals surface area contributed by atoms with Crippen LogP contribution in [0.4, 0.5) is 0 Å². The first-order chi connectivity index (χ1) is 11.7. The molecular weight excluding hydrogens is 308 g/mol. The van der Waals surface area contributed by atoms with Gasteiger partial charge in [-0.25, -0.2) is 4.79 Å². The predicted octanol–water partition coefficient (Wildman–Crippen LogP) is 3.31. The lowest BCUT2D eigenvalue weighted by Crippen LogP contribution is -2.15. The molecule has 5 nitrogen and oxygen atoms in total. The van der Waals surface area contributed by atoms with Crippen molar-refractivity contribution in [3.05, 3.63) is 53.1 Å². The highest BCUT2D eigenvalue weighted by atomic mass is 16.5. The Morgan fingerprint density at radius 1 is 0.958 bits per heavy atom. The van der Waals surface area contributed by atoms with Crippen LogP contribution in [-0.2, 0) is 16.1 Å². The minimum absolute atomic E-state index is 0.217. The number of hydrogen-bond acceptors (Lipinski definition) is 5. The first-order valence-electron chi connectivity index (χ1n) is 7.44. The van der Waals surface area contributed by atoms with Gasteiger partial charge >= 0.3 is 5.97 Å². The van der Waals surface area contributed by atoms with Crippen LogP contribution in [0.1, 0.15) is 16.7 Å². The fraction of sp³-hybridized carbons (Fsp3) is 0.211. The molecule has 124 valence electrons. The highest BCUT2D eigenvalue weighted by Gasteiger charge is 2.25. The van der Waals surface area contributed by atoms with Crippen LogP contribution in [0.2, 0.25) is 0 Å². The Morgan fingerprint density at radius 2 is 1.62 bits per heavy atom. The molecule has 0 fully saturated rings. The van der Waals surface area contributed by atoms with E-state index in [2.05, 4.69) is 0 Å². The quantitative estimate of drug-likeness (QED) is 0.637. The van der Waals surface area contributed by atoms with Crippen LogP contribution in [0.25, 0.3) is 11.6 Å². The molecule has 0 aliphatic carbocycles. The number of ether oxygens (including phenoxy) is 4. The molecule has 0 unspecified atom stereocenters. The Kier molecular flexibility index (Phi) is 4.42. The third-order valence-corrected chi connectivity index (χ3v) is 3.91. The van der Waals surface area contributed by atoms with E-state index >= 15 is 0 Å². The van der Waals surface area contributed by atoms with Gasteiger partial charge in [0.05, 0.1) is 26.9 Å². The van der Waals surface area contributed by atoms with Gasteiger partial charge in [0.2, 0.25) is 0 Å². The number of carbonyl (C=O) groups is 1. The summed E-state index contributed by atoms with van der Waals surface area (Å²) in [5, 5.41) is 0. The number of fused-ring (bicyclic) bond motifs is 1. The molecule has 2 aromatic rings. The van der Waals surface area contributed by atoms with E-state index in [4.69, 9.17) is 18.9 Å². The van der Waals surface area contributed by atoms with Crippen molar-refractivity contribution in [2.24, 2.45) is 0 Å². The first kappa shape index (κ1) is 15.9. The van der Waals surface area contributed by atoms with E-state index in [-0.39, 0.29) is 12.6 Å². The fourth-order valence-corrected chi connectivity index (χ4v) is 2.63. The molecule has 2 aromatic carbocycles. The smallest absolute Gasteiger partial charge is 0.339 e. The maximum absolute atomic E-state index is 12.3. The maximum Gasteiger partial charge on any atom is 0.339 e. The van der Waals surface area contributed by atoms with E-state index in [1.807, 2.05) is 36.4 Å². The summed E-state index contributed by atoms with van der Waals surface area (Å²) in [5.41, 5.74) is 3.04. The van der Waals surface area contributed by atoms with Crippen LogP contribution in [0.5, 0.6) is 17.2 Å². The molecule has 0 amide bonds. The largest absolute Gasteiger partial charge is 0.497 e. The van der Waals surface area contributed by atoms with Crippen LogP contribution in [0, 0.1) is 0 Å². The second-order valence-electron chi connectivity index (χ2n) is 5.27. The van der Waals surface area contributed by atoms with Gasteiger partial charge in [-0.3, -0.25) is 0 Å². The summed E-state index contributed by atoms with van der Waals surface area (Å²) in [6.45, 7) is 0.217. The molecule has 0 bridgehead atoms. The van der Waals surface area contributed by atoms with Crippen LogP contribution >= 0.6 is 0 Å². The average Bonchev–Trinajstić information content (AvgIpc) is 2.63. The Labute approximate surface area is 140 Å². The summed E-state index contributed by atoms with van der Waals surface area (Å²) in [5.74, 6) is 1.59. The molecule has 24 heavy (non-hydrogen) atoms. The van der Waals surface area contributed by atoms with Crippen molar-refractivity contribution in [3.8, 4) is 17.2 Å². The highest BCUT2D eigenvalue weighted by Crippen LogP contribution is 2.37.